The number of piperidine rings is 1. The van der Waals surface area contributed by atoms with Gasteiger partial charge >= 0.3 is 0 Å². The van der Waals surface area contributed by atoms with Crippen LogP contribution in [0, 0.1) is 0 Å². The monoisotopic (exact) mass is 359 g/mol. The van der Waals surface area contributed by atoms with Gasteiger partial charge in [0.15, 0.2) is 0 Å². The molecule has 1 aromatic rings. The highest BCUT2D eigenvalue weighted by molar-refractivity contribution is 6.01. The van der Waals surface area contributed by atoms with Gasteiger partial charge in [-0.3, -0.25) is 9.59 Å². The number of amides is 2. The van der Waals surface area contributed by atoms with Crippen molar-refractivity contribution in [2.24, 2.45) is 5.16 Å². The molecule has 0 saturated carbocycles. The van der Waals surface area contributed by atoms with Crippen LogP contribution in [0.4, 0.5) is 0 Å². The number of likely N-dealkylation sites (tertiary alicyclic amines) is 1. The Labute approximate surface area is 153 Å². The number of carbonyl (C=O) groups is 2. The number of nitrogens with one attached hydrogen (secondary N) is 1. The van der Waals surface area contributed by atoms with Crippen LogP contribution < -0.4 is 5.32 Å². The van der Waals surface area contributed by atoms with Crippen molar-refractivity contribution in [3.05, 3.63) is 35.4 Å². The zero-order valence-electron chi connectivity index (χ0n) is 15.0. The number of aliphatic hydroxyl groups excluding tert-OH is 1. The van der Waals surface area contributed by atoms with Crippen LogP contribution in [0.5, 0.6) is 0 Å². The van der Waals surface area contributed by atoms with E-state index in [1.54, 1.807) is 4.90 Å². The molecular weight excluding hydrogens is 334 g/mol. The molecule has 1 aromatic carbocycles. The molecule has 0 spiro atoms. The zero-order valence-corrected chi connectivity index (χ0v) is 15.0. The van der Waals surface area contributed by atoms with Crippen molar-refractivity contribution >= 4 is 17.5 Å². The first-order valence-corrected chi connectivity index (χ1v) is 9.03. The third-order valence-corrected chi connectivity index (χ3v) is 5.01. The van der Waals surface area contributed by atoms with Gasteiger partial charge in [0.1, 0.15) is 12.7 Å². The summed E-state index contributed by atoms with van der Waals surface area (Å²) in [6.45, 7) is 2.92. The molecule has 0 aromatic heterocycles. The Morgan fingerprint density at radius 1 is 1.27 bits per heavy atom. The lowest BCUT2D eigenvalue weighted by molar-refractivity contribution is -0.135. The summed E-state index contributed by atoms with van der Waals surface area (Å²) in [7, 11) is 0. The minimum absolute atomic E-state index is 0.0712. The number of hydrogen-bond donors (Lipinski definition) is 2. The maximum Gasteiger partial charge on any atom is 0.248 e. The second kappa shape index (κ2) is 8.31. The van der Waals surface area contributed by atoms with Gasteiger partial charge < -0.3 is 20.2 Å². The zero-order chi connectivity index (χ0) is 18.5. The standard InChI is InChI=1S/C19H25N3O4/c1-13(24)20-11-17-10-18(21-26-17)16-4-2-14(3-5-16)15-6-8-22(9-7-15)19(25)12-23/h2-5,15,17,23H,6-12H2,1H3,(H,20,24). The van der Waals surface area contributed by atoms with Gasteiger partial charge in [-0.1, -0.05) is 29.4 Å². The molecule has 7 heteroatoms. The molecule has 2 aliphatic rings. The van der Waals surface area contributed by atoms with E-state index >= 15 is 0 Å². The van der Waals surface area contributed by atoms with E-state index in [2.05, 4.69) is 34.7 Å². The minimum atomic E-state index is -0.410. The van der Waals surface area contributed by atoms with E-state index < -0.39 is 6.61 Å². The van der Waals surface area contributed by atoms with Crippen LogP contribution in [0.25, 0.3) is 0 Å². The van der Waals surface area contributed by atoms with Crippen LogP contribution in [-0.4, -0.2) is 59.9 Å². The molecule has 0 aliphatic carbocycles. The van der Waals surface area contributed by atoms with Crippen LogP contribution in [0.2, 0.25) is 0 Å². The van der Waals surface area contributed by atoms with Crippen molar-refractivity contribution in [1.29, 1.82) is 0 Å². The molecule has 1 atom stereocenters. The molecule has 2 heterocycles. The van der Waals surface area contributed by atoms with Gasteiger partial charge in [0.2, 0.25) is 11.8 Å². The second-order valence-electron chi connectivity index (χ2n) is 6.84. The maximum atomic E-state index is 11.5. The quantitative estimate of drug-likeness (QED) is 0.821. The first kappa shape index (κ1) is 18.4. The Bertz CT molecular complexity index is 679. The Morgan fingerprint density at radius 3 is 2.58 bits per heavy atom. The van der Waals surface area contributed by atoms with Crippen molar-refractivity contribution in [1.82, 2.24) is 10.2 Å². The van der Waals surface area contributed by atoms with E-state index in [-0.39, 0.29) is 17.9 Å². The van der Waals surface area contributed by atoms with E-state index in [0.29, 0.717) is 32.0 Å². The van der Waals surface area contributed by atoms with Gasteiger partial charge in [-0.15, -0.1) is 0 Å². The average molecular weight is 359 g/mol. The van der Waals surface area contributed by atoms with Gasteiger partial charge in [-0.2, -0.15) is 0 Å². The Morgan fingerprint density at radius 2 is 1.96 bits per heavy atom. The topological polar surface area (TPSA) is 91.2 Å². The molecule has 0 radical (unpaired) electrons. The molecule has 0 bridgehead atoms. The summed E-state index contributed by atoms with van der Waals surface area (Å²) in [5.74, 6) is 0.172. The fraction of sp³-hybridized carbons (Fsp3) is 0.526. The number of rotatable bonds is 5. The van der Waals surface area contributed by atoms with Gasteiger partial charge in [-0.05, 0) is 29.9 Å². The summed E-state index contributed by atoms with van der Waals surface area (Å²) in [5, 5.41) is 15.8. The molecule has 2 N–H and O–H groups in total. The Kier molecular flexibility index (Phi) is 5.88. The first-order chi connectivity index (χ1) is 12.6. The molecule has 1 fully saturated rings. The van der Waals surface area contributed by atoms with E-state index in [1.165, 1.54) is 12.5 Å². The largest absolute Gasteiger partial charge is 0.390 e. The van der Waals surface area contributed by atoms with Crippen LogP contribution in [0.1, 0.15) is 43.2 Å². The molecule has 2 amide bonds. The Hall–Kier alpha value is -2.41. The predicted molar refractivity (Wildman–Crippen MR) is 96.8 cm³/mol. The maximum absolute atomic E-state index is 11.5. The molecular formula is C19H25N3O4. The first-order valence-electron chi connectivity index (χ1n) is 9.03. The normalized spacial score (nSPS) is 20.5. The molecule has 140 valence electrons. The minimum Gasteiger partial charge on any atom is -0.390 e. The highest BCUT2D eigenvalue weighted by atomic mass is 16.6. The summed E-state index contributed by atoms with van der Waals surface area (Å²) in [4.78, 5) is 29.6. The lowest BCUT2D eigenvalue weighted by Crippen LogP contribution is -2.39. The van der Waals surface area contributed by atoms with Gasteiger partial charge in [-0.25, -0.2) is 0 Å². The summed E-state index contributed by atoms with van der Waals surface area (Å²) >= 11 is 0. The van der Waals surface area contributed by atoms with Gasteiger partial charge in [0.25, 0.3) is 0 Å². The lowest BCUT2D eigenvalue weighted by Gasteiger charge is -2.31. The number of aliphatic hydroxyl groups is 1. The summed E-state index contributed by atoms with van der Waals surface area (Å²) in [5.41, 5.74) is 3.20. The van der Waals surface area contributed by atoms with Crippen molar-refractivity contribution in [3.63, 3.8) is 0 Å². The Balaban J connectivity index is 1.53. The van der Waals surface area contributed by atoms with E-state index in [0.717, 1.165) is 24.1 Å². The van der Waals surface area contributed by atoms with Crippen LogP contribution in [-0.2, 0) is 14.4 Å². The fourth-order valence-corrected chi connectivity index (χ4v) is 3.48. The van der Waals surface area contributed by atoms with E-state index in [4.69, 9.17) is 9.94 Å². The SMILES string of the molecule is CC(=O)NCC1CC(c2ccc(C3CCN(C(=O)CO)CC3)cc2)=NO1. The van der Waals surface area contributed by atoms with Crippen molar-refractivity contribution in [2.75, 3.05) is 26.2 Å². The third kappa shape index (κ3) is 4.40. The predicted octanol–water partition coefficient (Wildman–Crippen LogP) is 1.01. The fourth-order valence-electron chi connectivity index (χ4n) is 3.48. The molecule has 7 nitrogen and oxygen atoms in total. The number of benzene rings is 1. The molecule has 1 saturated heterocycles. The molecule has 1 unspecified atom stereocenters. The van der Waals surface area contributed by atoms with Gasteiger partial charge in [0.05, 0.1) is 12.3 Å². The summed E-state index contributed by atoms with van der Waals surface area (Å²) < 4.78 is 0. The number of carbonyl (C=O) groups excluding carboxylic acids is 2. The van der Waals surface area contributed by atoms with Crippen molar-refractivity contribution in [2.45, 2.75) is 38.2 Å². The third-order valence-electron chi connectivity index (χ3n) is 5.01. The molecule has 2 aliphatic heterocycles. The van der Waals surface area contributed by atoms with Gasteiger partial charge in [0, 0.05) is 26.4 Å². The van der Waals surface area contributed by atoms with Crippen LogP contribution in [0.3, 0.4) is 0 Å². The van der Waals surface area contributed by atoms with Crippen molar-refractivity contribution < 1.29 is 19.5 Å². The molecule has 26 heavy (non-hydrogen) atoms. The molecule has 3 rings (SSSR count). The van der Waals surface area contributed by atoms with Crippen molar-refractivity contribution in [3.8, 4) is 0 Å². The summed E-state index contributed by atoms with van der Waals surface area (Å²) in [6, 6.07) is 8.35. The second-order valence-corrected chi connectivity index (χ2v) is 6.84. The van der Waals surface area contributed by atoms with E-state index in [1.807, 2.05) is 0 Å². The number of oxime groups is 1. The summed E-state index contributed by atoms with van der Waals surface area (Å²) in [6.07, 6.45) is 2.39. The average Bonchev–Trinajstić information content (AvgIpc) is 3.15. The number of hydrogen-bond acceptors (Lipinski definition) is 5. The smallest absolute Gasteiger partial charge is 0.248 e. The highest BCUT2D eigenvalue weighted by Crippen LogP contribution is 2.28. The lowest BCUT2D eigenvalue weighted by atomic mass is 9.88. The van der Waals surface area contributed by atoms with E-state index in [9.17, 15) is 9.59 Å². The van der Waals surface area contributed by atoms with Crippen LogP contribution >= 0.6 is 0 Å². The highest BCUT2D eigenvalue weighted by Gasteiger charge is 2.25. The van der Waals surface area contributed by atoms with Crippen LogP contribution in [0.15, 0.2) is 29.4 Å². The number of nitrogens with zero attached hydrogens (tertiary/aromatic N) is 2.